The minimum atomic E-state index is 0.0553. The number of aromatic nitrogens is 3. The molecule has 1 aliphatic carbocycles. The van der Waals surface area contributed by atoms with Crippen molar-refractivity contribution in [1.82, 2.24) is 15.0 Å². The zero-order valence-electron chi connectivity index (χ0n) is 24.4. The highest BCUT2D eigenvalue weighted by Gasteiger charge is 2.30. The average molecular weight is 578 g/mol. The van der Waals surface area contributed by atoms with Crippen molar-refractivity contribution in [1.29, 1.82) is 0 Å². The highest BCUT2D eigenvalue weighted by atomic mass is 16.3. The van der Waals surface area contributed by atoms with E-state index >= 15 is 0 Å². The van der Waals surface area contributed by atoms with E-state index in [1.165, 1.54) is 27.1 Å². The third-order valence-electron chi connectivity index (χ3n) is 8.85. The Morgan fingerprint density at radius 2 is 1.07 bits per heavy atom. The van der Waals surface area contributed by atoms with E-state index < -0.39 is 0 Å². The lowest BCUT2D eigenvalue weighted by molar-refractivity contribution is 0.532. The summed E-state index contributed by atoms with van der Waals surface area (Å²) < 4.78 is 6.61. The molecule has 2 heterocycles. The predicted molar refractivity (Wildman–Crippen MR) is 182 cm³/mol. The summed E-state index contributed by atoms with van der Waals surface area (Å²) in [5.74, 6) is 2.95. The highest BCUT2D eigenvalue weighted by Crippen LogP contribution is 2.45. The van der Waals surface area contributed by atoms with Crippen LogP contribution in [0.2, 0.25) is 0 Å². The fourth-order valence-corrected chi connectivity index (χ4v) is 6.78. The second-order valence-electron chi connectivity index (χ2n) is 11.6. The zero-order valence-corrected chi connectivity index (χ0v) is 24.4. The lowest BCUT2D eigenvalue weighted by Crippen LogP contribution is -2.12. The molecule has 1 unspecified atom stereocenters. The lowest BCUT2D eigenvalue weighted by atomic mass is 9.81. The quantitative estimate of drug-likeness (QED) is 0.195. The SMILES string of the molecule is C1=C(c2nc(-c3ccccc3)nc(-c3ccccc3)n2)c2c(oc3ccccc23)CC1c1cc2ccccc2c2ccccc12. The van der Waals surface area contributed by atoms with Gasteiger partial charge >= 0.3 is 0 Å². The molecule has 1 atom stereocenters. The van der Waals surface area contributed by atoms with Gasteiger partial charge in [0.1, 0.15) is 11.3 Å². The van der Waals surface area contributed by atoms with Gasteiger partial charge in [-0.25, -0.2) is 15.0 Å². The molecule has 0 spiro atoms. The lowest BCUT2D eigenvalue weighted by Gasteiger charge is -2.23. The highest BCUT2D eigenvalue weighted by molar-refractivity contribution is 6.09. The van der Waals surface area contributed by atoms with Gasteiger partial charge < -0.3 is 4.42 Å². The van der Waals surface area contributed by atoms with Gasteiger partial charge in [0, 0.05) is 40.0 Å². The van der Waals surface area contributed by atoms with Crippen LogP contribution in [-0.2, 0) is 6.42 Å². The van der Waals surface area contributed by atoms with Gasteiger partial charge in [-0.2, -0.15) is 0 Å². The molecule has 0 N–H and O–H groups in total. The summed E-state index contributed by atoms with van der Waals surface area (Å²) in [4.78, 5) is 15.2. The van der Waals surface area contributed by atoms with Crippen molar-refractivity contribution >= 4 is 38.1 Å². The Morgan fingerprint density at radius 3 is 1.78 bits per heavy atom. The number of hydrogen-bond acceptors (Lipinski definition) is 4. The van der Waals surface area contributed by atoms with Crippen molar-refractivity contribution in [2.45, 2.75) is 12.3 Å². The number of allylic oxidation sites excluding steroid dienone is 1. The fourth-order valence-electron chi connectivity index (χ4n) is 6.78. The number of fused-ring (bicyclic) bond motifs is 6. The minimum Gasteiger partial charge on any atom is -0.460 e. The monoisotopic (exact) mass is 577 g/mol. The van der Waals surface area contributed by atoms with Crippen LogP contribution < -0.4 is 0 Å². The molecule has 4 heteroatoms. The van der Waals surface area contributed by atoms with Crippen LogP contribution in [0.1, 0.15) is 28.6 Å². The standard InChI is InChI=1S/C41H27N3O/c1-3-13-26(14-4-1)39-42-40(27-15-5-2-6-16-27)44-41(43-39)35-24-29(25-37-38(35)33-21-11-12-22-36(33)45-37)34-23-28-17-7-8-18-30(28)31-19-9-10-20-32(31)34/h1-24,29H,25H2. The molecule has 0 fully saturated rings. The van der Waals surface area contributed by atoms with Crippen LogP contribution in [0.5, 0.6) is 0 Å². The van der Waals surface area contributed by atoms with Gasteiger partial charge in [-0.3, -0.25) is 0 Å². The molecule has 45 heavy (non-hydrogen) atoms. The van der Waals surface area contributed by atoms with Gasteiger partial charge in [-0.05, 0) is 39.2 Å². The maximum Gasteiger partial charge on any atom is 0.164 e. The molecule has 0 saturated carbocycles. The molecule has 8 aromatic rings. The Kier molecular flexibility index (Phi) is 5.91. The molecule has 0 saturated heterocycles. The minimum absolute atomic E-state index is 0.0553. The van der Waals surface area contributed by atoms with Gasteiger partial charge in [-0.15, -0.1) is 0 Å². The fraction of sp³-hybridized carbons (Fsp3) is 0.0488. The Labute approximate surface area is 260 Å². The summed E-state index contributed by atoms with van der Waals surface area (Å²) >= 11 is 0. The summed E-state index contributed by atoms with van der Waals surface area (Å²) in [6.45, 7) is 0. The molecule has 6 aromatic carbocycles. The van der Waals surface area contributed by atoms with Crippen LogP contribution in [0.25, 0.3) is 60.9 Å². The van der Waals surface area contributed by atoms with Gasteiger partial charge in [-0.1, -0.05) is 133 Å². The third kappa shape index (κ3) is 4.34. The molecule has 1 aliphatic rings. The first-order chi connectivity index (χ1) is 22.3. The van der Waals surface area contributed by atoms with Gasteiger partial charge in [0.2, 0.25) is 0 Å². The largest absolute Gasteiger partial charge is 0.460 e. The van der Waals surface area contributed by atoms with E-state index in [1.54, 1.807) is 0 Å². The molecule has 0 radical (unpaired) electrons. The van der Waals surface area contributed by atoms with Crippen molar-refractivity contribution in [2.75, 3.05) is 0 Å². The van der Waals surface area contributed by atoms with E-state index in [-0.39, 0.29) is 5.92 Å². The first kappa shape index (κ1) is 25.6. The van der Waals surface area contributed by atoms with Crippen LogP contribution in [0.15, 0.2) is 150 Å². The van der Waals surface area contributed by atoms with Crippen molar-refractivity contribution in [3.05, 3.63) is 168 Å². The van der Waals surface area contributed by atoms with Gasteiger partial charge in [0.05, 0.1) is 0 Å². The Morgan fingerprint density at radius 1 is 0.511 bits per heavy atom. The molecular weight excluding hydrogens is 550 g/mol. The van der Waals surface area contributed by atoms with Crippen molar-refractivity contribution in [3.63, 3.8) is 0 Å². The Balaban J connectivity index is 1.32. The number of nitrogens with zero attached hydrogens (tertiary/aromatic N) is 3. The Bertz CT molecular complexity index is 2350. The van der Waals surface area contributed by atoms with E-state index in [1.807, 2.05) is 72.8 Å². The predicted octanol–water partition coefficient (Wildman–Crippen LogP) is 10.0. The van der Waals surface area contributed by atoms with Gasteiger partial charge in [0.25, 0.3) is 0 Å². The summed E-state index contributed by atoms with van der Waals surface area (Å²) in [6, 6.07) is 48.3. The first-order valence-corrected chi connectivity index (χ1v) is 15.3. The summed E-state index contributed by atoms with van der Waals surface area (Å²) in [5, 5.41) is 6.08. The number of hydrogen-bond donors (Lipinski definition) is 0. The Hall–Kier alpha value is -5.87. The van der Waals surface area contributed by atoms with Crippen LogP contribution in [-0.4, -0.2) is 15.0 Å². The topological polar surface area (TPSA) is 51.8 Å². The second kappa shape index (κ2) is 10.4. The zero-order chi connectivity index (χ0) is 29.7. The van der Waals surface area contributed by atoms with Crippen LogP contribution in [0.4, 0.5) is 0 Å². The molecular formula is C41H27N3O. The van der Waals surface area contributed by atoms with E-state index in [0.717, 1.165) is 45.4 Å². The number of para-hydroxylation sites is 1. The van der Waals surface area contributed by atoms with Crippen LogP contribution >= 0.6 is 0 Å². The average Bonchev–Trinajstić information content (AvgIpc) is 3.50. The van der Waals surface area contributed by atoms with E-state index in [0.29, 0.717) is 17.5 Å². The maximum atomic E-state index is 6.61. The van der Waals surface area contributed by atoms with Crippen molar-refractivity contribution < 1.29 is 4.42 Å². The summed E-state index contributed by atoms with van der Waals surface area (Å²) in [6.07, 6.45) is 3.11. The molecule has 0 aliphatic heterocycles. The smallest absolute Gasteiger partial charge is 0.164 e. The van der Waals surface area contributed by atoms with Crippen molar-refractivity contribution in [2.24, 2.45) is 0 Å². The molecule has 2 aromatic heterocycles. The molecule has 0 amide bonds. The van der Waals surface area contributed by atoms with E-state index in [9.17, 15) is 0 Å². The molecule has 4 nitrogen and oxygen atoms in total. The maximum absolute atomic E-state index is 6.61. The molecule has 9 rings (SSSR count). The normalized spacial score (nSPS) is 14.5. The molecule has 212 valence electrons. The van der Waals surface area contributed by atoms with Crippen LogP contribution in [0.3, 0.4) is 0 Å². The van der Waals surface area contributed by atoms with E-state index in [2.05, 4.69) is 72.8 Å². The third-order valence-corrected chi connectivity index (χ3v) is 8.85. The first-order valence-electron chi connectivity index (χ1n) is 15.3. The second-order valence-corrected chi connectivity index (χ2v) is 11.6. The number of rotatable bonds is 4. The summed E-state index contributed by atoms with van der Waals surface area (Å²) in [7, 11) is 0. The van der Waals surface area contributed by atoms with Gasteiger partial charge in [0.15, 0.2) is 17.5 Å². The van der Waals surface area contributed by atoms with E-state index in [4.69, 9.17) is 19.4 Å². The van der Waals surface area contributed by atoms with Crippen LogP contribution in [0, 0.1) is 0 Å². The van der Waals surface area contributed by atoms with Crippen molar-refractivity contribution in [3.8, 4) is 22.8 Å². The summed E-state index contributed by atoms with van der Waals surface area (Å²) in [5.41, 5.74) is 6.08. The number of benzene rings is 6. The number of furan rings is 1. The molecule has 0 bridgehead atoms.